The van der Waals surface area contributed by atoms with Gasteiger partial charge in [0, 0.05) is 6.54 Å². The highest BCUT2D eigenvalue weighted by Gasteiger charge is 2.38. The molecule has 1 aliphatic heterocycles. The maximum atomic E-state index is 12.6. The van der Waals surface area contributed by atoms with Crippen LogP contribution < -0.4 is 16.4 Å². The van der Waals surface area contributed by atoms with E-state index in [1.165, 1.54) is 25.7 Å². The largest absolute Gasteiger partial charge is 0.417 e. The molecule has 1 amide bonds. The highest BCUT2D eigenvalue weighted by Crippen LogP contribution is 2.36. The number of fused-ring (bicyclic) bond motifs is 2. The molecule has 1 aromatic carbocycles. The summed E-state index contributed by atoms with van der Waals surface area (Å²) < 4.78 is 4.99. The smallest absolute Gasteiger partial charge is 0.408 e. The Labute approximate surface area is 140 Å². The molecule has 2 heterocycles. The fourth-order valence-corrected chi connectivity index (χ4v) is 4.30. The summed E-state index contributed by atoms with van der Waals surface area (Å²) in [6.07, 6.45) is 6.15. The first-order valence-electron chi connectivity index (χ1n) is 8.83. The van der Waals surface area contributed by atoms with Gasteiger partial charge in [-0.3, -0.25) is 9.78 Å². The van der Waals surface area contributed by atoms with Crippen LogP contribution in [0.5, 0.6) is 0 Å². The highest BCUT2D eigenvalue weighted by atomic mass is 16.4. The van der Waals surface area contributed by atoms with Crippen molar-refractivity contribution in [1.82, 2.24) is 15.6 Å². The van der Waals surface area contributed by atoms with E-state index in [0.29, 0.717) is 29.5 Å². The Morgan fingerprint density at radius 2 is 2.12 bits per heavy atom. The summed E-state index contributed by atoms with van der Waals surface area (Å²) in [4.78, 5) is 26.5. The summed E-state index contributed by atoms with van der Waals surface area (Å²) in [5, 5.41) is 6.46. The monoisotopic (exact) mass is 329 g/mol. The molecule has 128 valence electrons. The molecule has 0 spiro atoms. The van der Waals surface area contributed by atoms with Crippen molar-refractivity contribution >= 4 is 17.0 Å². The van der Waals surface area contributed by atoms with Crippen LogP contribution in [-0.4, -0.2) is 23.5 Å². The minimum atomic E-state index is -0.457. The molecule has 2 aliphatic rings. The van der Waals surface area contributed by atoms with E-state index in [1.54, 1.807) is 6.07 Å². The van der Waals surface area contributed by atoms with Crippen molar-refractivity contribution in [2.24, 2.45) is 11.8 Å². The molecule has 1 aromatic heterocycles. The number of aromatic nitrogens is 1. The number of amides is 1. The average molecular weight is 329 g/mol. The zero-order valence-corrected chi connectivity index (χ0v) is 13.6. The molecular formula is C18H23N3O3. The van der Waals surface area contributed by atoms with Crippen LogP contribution in [0.1, 0.15) is 37.7 Å². The second kappa shape index (κ2) is 6.43. The first-order chi connectivity index (χ1) is 11.7. The SMILES string of the molecule is O=C(NCc1ccc2oc(=O)[nH]c2c1)C1NCCC2CCCCC21. The summed E-state index contributed by atoms with van der Waals surface area (Å²) in [6, 6.07) is 5.40. The predicted octanol–water partition coefficient (Wildman–Crippen LogP) is 1.91. The van der Waals surface area contributed by atoms with E-state index < -0.39 is 5.76 Å². The number of oxazole rings is 1. The molecule has 2 aromatic rings. The molecule has 1 aliphatic carbocycles. The molecule has 6 heteroatoms. The molecule has 1 saturated heterocycles. The van der Waals surface area contributed by atoms with E-state index in [2.05, 4.69) is 15.6 Å². The third-order valence-corrected chi connectivity index (χ3v) is 5.51. The van der Waals surface area contributed by atoms with Crippen molar-refractivity contribution in [3.8, 4) is 0 Å². The molecule has 0 radical (unpaired) electrons. The Hall–Kier alpha value is -2.08. The lowest BCUT2D eigenvalue weighted by Crippen LogP contribution is -2.55. The van der Waals surface area contributed by atoms with Gasteiger partial charge in [-0.15, -0.1) is 0 Å². The molecule has 3 atom stereocenters. The number of hydrogen-bond donors (Lipinski definition) is 3. The van der Waals surface area contributed by atoms with Gasteiger partial charge in [0.05, 0.1) is 11.6 Å². The van der Waals surface area contributed by atoms with Gasteiger partial charge in [-0.25, -0.2) is 4.79 Å². The topological polar surface area (TPSA) is 87.1 Å². The Kier molecular flexibility index (Phi) is 4.14. The summed E-state index contributed by atoms with van der Waals surface area (Å²) >= 11 is 0. The van der Waals surface area contributed by atoms with Crippen molar-refractivity contribution in [1.29, 1.82) is 0 Å². The van der Waals surface area contributed by atoms with Crippen molar-refractivity contribution in [3.63, 3.8) is 0 Å². The van der Waals surface area contributed by atoms with Crippen LogP contribution in [0.25, 0.3) is 11.1 Å². The number of H-pyrrole nitrogens is 1. The van der Waals surface area contributed by atoms with Gasteiger partial charge in [0.15, 0.2) is 5.58 Å². The first kappa shape index (κ1) is 15.4. The molecule has 1 saturated carbocycles. The van der Waals surface area contributed by atoms with Crippen LogP contribution in [0.2, 0.25) is 0 Å². The zero-order chi connectivity index (χ0) is 16.5. The summed E-state index contributed by atoms with van der Waals surface area (Å²) in [5.41, 5.74) is 2.15. The van der Waals surface area contributed by atoms with Gasteiger partial charge in [0.25, 0.3) is 0 Å². The van der Waals surface area contributed by atoms with E-state index in [9.17, 15) is 9.59 Å². The summed E-state index contributed by atoms with van der Waals surface area (Å²) in [7, 11) is 0. The molecule has 4 rings (SSSR count). The maximum absolute atomic E-state index is 12.6. The quantitative estimate of drug-likeness (QED) is 0.803. The molecule has 3 N–H and O–H groups in total. The van der Waals surface area contributed by atoms with E-state index in [-0.39, 0.29) is 11.9 Å². The fourth-order valence-electron chi connectivity index (χ4n) is 4.30. The van der Waals surface area contributed by atoms with Gasteiger partial charge >= 0.3 is 5.76 Å². The van der Waals surface area contributed by atoms with Gasteiger partial charge < -0.3 is 15.1 Å². The number of piperidine rings is 1. The van der Waals surface area contributed by atoms with E-state index >= 15 is 0 Å². The number of carbonyl (C=O) groups excluding carboxylic acids is 1. The van der Waals surface area contributed by atoms with Crippen LogP contribution in [0.15, 0.2) is 27.4 Å². The second-order valence-electron chi connectivity index (χ2n) is 6.99. The molecular weight excluding hydrogens is 306 g/mol. The number of rotatable bonds is 3. The first-order valence-corrected chi connectivity index (χ1v) is 8.83. The zero-order valence-electron chi connectivity index (χ0n) is 13.6. The molecule has 3 unspecified atom stereocenters. The van der Waals surface area contributed by atoms with Crippen molar-refractivity contribution < 1.29 is 9.21 Å². The van der Waals surface area contributed by atoms with Crippen molar-refractivity contribution in [3.05, 3.63) is 34.3 Å². The minimum absolute atomic E-state index is 0.0680. The van der Waals surface area contributed by atoms with E-state index in [0.717, 1.165) is 18.5 Å². The Morgan fingerprint density at radius 1 is 1.25 bits per heavy atom. The number of hydrogen-bond acceptors (Lipinski definition) is 4. The Morgan fingerprint density at radius 3 is 3.04 bits per heavy atom. The average Bonchev–Trinajstić information content (AvgIpc) is 2.98. The Balaban J connectivity index is 1.42. The summed E-state index contributed by atoms with van der Waals surface area (Å²) in [6.45, 7) is 1.39. The van der Waals surface area contributed by atoms with E-state index in [4.69, 9.17) is 4.42 Å². The van der Waals surface area contributed by atoms with Crippen LogP contribution >= 0.6 is 0 Å². The maximum Gasteiger partial charge on any atom is 0.417 e. The standard InChI is InChI=1S/C18H23N3O3/c22-17(16-13-4-2-1-3-12(13)7-8-19-16)20-10-11-5-6-15-14(9-11)21-18(23)24-15/h5-6,9,12-13,16,19H,1-4,7-8,10H2,(H,20,22)(H,21,23). The highest BCUT2D eigenvalue weighted by molar-refractivity contribution is 5.82. The van der Waals surface area contributed by atoms with Gasteiger partial charge in [0.1, 0.15) is 0 Å². The lowest BCUT2D eigenvalue weighted by atomic mass is 9.71. The van der Waals surface area contributed by atoms with Crippen LogP contribution in [0.4, 0.5) is 0 Å². The number of benzene rings is 1. The normalized spacial score (nSPS) is 26.9. The molecule has 2 fully saturated rings. The third kappa shape index (κ3) is 2.98. The van der Waals surface area contributed by atoms with Gasteiger partial charge in [0.2, 0.25) is 5.91 Å². The van der Waals surface area contributed by atoms with Crippen LogP contribution in [-0.2, 0) is 11.3 Å². The van der Waals surface area contributed by atoms with Gasteiger partial charge in [-0.1, -0.05) is 25.3 Å². The minimum Gasteiger partial charge on any atom is -0.408 e. The Bertz CT molecular complexity index is 792. The lowest BCUT2D eigenvalue weighted by molar-refractivity contribution is -0.126. The van der Waals surface area contributed by atoms with Crippen LogP contribution in [0, 0.1) is 11.8 Å². The van der Waals surface area contributed by atoms with Gasteiger partial charge in [-0.05, 0) is 48.9 Å². The van der Waals surface area contributed by atoms with Crippen LogP contribution in [0.3, 0.4) is 0 Å². The second-order valence-corrected chi connectivity index (χ2v) is 6.99. The van der Waals surface area contributed by atoms with Gasteiger partial charge in [-0.2, -0.15) is 0 Å². The predicted molar refractivity (Wildman–Crippen MR) is 90.5 cm³/mol. The number of aromatic amines is 1. The summed E-state index contributed by atoms with van der Waals surface area (Å²) in [5.74, 6) is 0.802. The van der Waals surface area contributed by atoms with Crippen molar-refractivity contribution in [2.45, 2.75) is 44.7 Å². The van der Waals surface area contributed by atoms with Crippen molar-refractivity contribution in [2.75, 3.05) is 6.54 Å². The lowest BCUT2D eigenvalue weighted by Gasteiger charge is -2.41. The third-order valence-electron chi connectivity index (χ3n) is 5.51. The number of nitrogens with one attached hydrogen (secondary N) is 3. The number of carbonyl (C=O) groups is 1. The molecule has 0 bridgehead atoms. The molecule has 24 heavy (non-hydrogen) atoms. The molecule has 6 nitrogen and oxygen atoms in total. The van der Waals surface area contributed by atoms with E-state index in [1.807, 2.05) is 12.1 Å². The fraction of sp³-hybridized carbons (Fsp3) is 0.556.